The summed E-state index contributed by atoms with van der Waals surface area (Å²) in [6.45, 7) is 10.7. The van der Waals surface area contributed by atoms with Crippen molar-refractivity contribution in [3.63, 3.8) is 0 Å². The third-order valence-electron chi connectivity index (χ3n) is 6.36. The summed E-state index contributed by atoms with van der Waals surface area (Å²) in [7, 11) is 0.502. The second-order valence-electron chi connectivity index (χ2n) is 9.36. The summed E-state index contributed by atoms with van der Waals surface area (Å²) in [5.74, 6) is -1.49. The predicted molar refractivity (Wildman–Crippen MR) is 130 cm³/mol. The van der Waals surface area contributed by atoms with E-state index in [-0.39, 0.29) is 30.3 Å². The van der Waals surface area contributed by atoms with Gasteiger partial charge in [0.2, 0.25) is 0 Å². The van der Waals surface area contributed by atoms with E-state index < -0.39 is 20.2 Å². The van der Waals surface area contributed by atoms with E-state index in [9.17, 15) is 5.11 Å². The van der Waals surface area contributed by atoms with Crippen LogP contribution in [-0.4, -0.2) is 58.3 Å². The van der Waals surface area contributed by atoms with Gasteiger partial charge in [-0.2, -0.15) is 0 Å². The van der Waals surface area contributed by atoms with Crippen LogP contribution in [0, 0.1) is 0 Å². The number of benzene rings is 2. The summed E-state index contributed by atoms with van der Waals surface area (Å²) in [6.07, 6.45) is 0.424. The first-order chi connectivity index (χ1) is 15.2. The molecule has 0 bridgehead atoms. The minimum absolute atomic E-state index is 0.164. The van der Waals surface area contributed by atoms with E-state index in [1.54, 1.807) is 14.2 Å². The minimum atomic E-state index is -2.75. The van der Waals surface area contributed by atoms with Crippen LogP contribution in [0.1, 0.15) is 27.2 Å². The molecule has 2 aromatic rings. The van der Waals surface area contributed by atoms with Gasteiger partial charge in [0.05, 0.1) is 12.7 Å². The molecule has 174 valence electrons. The van der Waals surface area contributed by atoms with Gasteiger partial charge in [-0.05, 0) is 21.5 Å². The molecule has 1 aliphatic rings. The molecule has 5 nitrogen and oxygen atoms in total. The largest absolute Gasteiger partial charge is 0.405 e. The number of methoxy groups -OCH3 is 2. The van der Waals surface area contributed by atoms with Gasteiger partial charge < -0.3 is 23.7 Å². The van der Waals surface area contributed by atoms with E-state index in [0.717, 1.165) is 0 Å². The smallest absolute Gasteiger partial charge is 0.261 e. The average molecular weight is 457 g/mol. The molecule has 1 saturated heterocycles. The fourth-order valence-electron chi connectivity index (χ4n) is 4.77. The molecule has 6 heteroatoms. The highest BCUT2D eigenvalue weighted by Gasteiger charge is 2.52. The zero-order valence-electron chi connectivity index (χ0n) is 19.8. The first-order valence-corrected chi connectivity index (χ1v) is 13.0. The maximum atomic E-state index is 10.9. The van der Waals surface area contributed by atoms with Crippen molar-refractivity contribution in [3.8, 4) is 0 Å². The van der Waals surface area contributed by atoms with Crippen molar-refractivity contribution >= 4 is 18.7 Å². The zero-order valence-corrected chi connectivity index (χ0v) is 20.8. The Kier molecular flexibility index (Phi) is 7.75. The van der Waals surface area contributed by atoms with Crippen molar-refractivity contribution < 1.29 is 23.7 Å². The molecule has 1 N–H and O–H groups in total. The van der Waals surface area contributed by atoms with E-state index in [4.69, 9.17) is 18.6 Å². The van der Waals surface area contributed by atoms with Gasteiger partial charge >= 0.3 is 0 Å². The van der Waals surface area contributed by atoms with Gasteiger partial charge in [-0.25, -0.2) is 0 Å². The van der Waals surface area contributed by atoms with Gasteiger partial charge in [-0.1, -0.05) is 88.0 Å². The molecule has 1 aliphatic heterocycles. The Bertz CT molecular complexity index is 827. The third kappa shape index (κ3) is 4.76. The van der Waals surface area contributed by atoms with Crippen LogP contribution in [0.25, 0.3) is 0 Å². The molecule has 0 amide bonds. The molecule has 4 atom stereocenters. The molecule has 1 fully saturated rings. The summed E-state index contributed by atoms with van der Waals surface area (Å²) < 4.78 is 24.5. The van der Waals surface area contributed by atoms with Crippen LogP contribution in [0.4, 0.5) is 0 Å². The highest BCUT2D eigenvalue weighted by Crippen LogP contribution is 2.38. The average Bonchev–Trinajstić information content (AvgIpc) is 2.79. The van der Waals surface area contributed by atoms with Crippen molar-refractivity contribution in [1.29, 1.82) is 0 Å². The Morgan fingerprint density at radius 2 is 1.56 bits per heavy atom. The Hall–Kier alpha value is -1.80. The first-order valence-electron chi connectivity index (χ1n) is 11.0. The number of hydrogen-bond donors (Lipinski definition) is 1. The molecule has 0 unspecified atom stereocenters. The molecule has 1 heterocycles. The molecular weight excluding hydrogens is 420 g/mol. The Morgan fingerprint density at radius 3 is 1.97 bits per heavy atom. The second kappa shape index (κ2) is 9.99. The lowest BCUT2D eigenvalue weighted by Gasteiger charge is -2.47. The predicted octanol–water partition coefficient (Wildman–Crippen LogP) is 3.26. The molecule has 0 aromatic heterocycles. The third-order valence-corrected chi connectivity index (χ3v) is 11.4. The summed E-state index contributed by atoms with van der Waals surface area (Å²) in [5, 5.41) is 13.1. The van der Waals surface area contributed by atoms with Crippen molar-refractivity contribution in [1.82, 2.24) is 0 Å². The van der Waals surface area contributed by atoms with Crippen molar-refractivity contribution in [2.75, 3.05) is 20.8 Å². The lowest BCUT2D eigenvalue weighted by molar-refractivity contribution is -0.287. The van der Waals surface area contributed by atoms with E-state index >= 15 is 0 Å². The summed E-state index contributed by atoms with van der Waals surface area (Å²) >= 11 is 0. The van der Waals surface area contributed by atoms with Crippen molar-refractivity contribution in [3.05, 3.63) is 73.3 Å². The normalized spacial score (nSPS) is 26.6. The molecule has 0 aliphatic carbocycles. The summed E-state index contributed by atoms with van der Waals surface area (Å²) in [5.41, 5.74) is 0. The van der Waals surface area contributed by atoms with Gasteiger partial charge in [-0.3, -0.25) is 0 Å². The van der Waals surface area contributed by atoms with Gasteiger partial charge in [0.25, 0.3) is 8.32 Å². The monoisotopic (exact) mass is 456 g/mol. The van der Waals surface area contributed by atoms with Crippen LogP contribution >= 0.6 is 0 Å². The van der Waals surface area contributed by atoms with Crippen LogP contribution in [0.15, 0.2) is 73.3 Å². The Labute approximate surface area is 193 Å². The topological polar surface area (TPSA) is 57.2 Å². The van der Waals surface area contributed by atoms with Gasteiger partial charge in [0, 0.05) is 20.6 Å². The fraction of sp³-hybridized carbons (Fsp3) is 0.462. The molecule has 0 spiro atoms. The highest BCUT2D eigenvalue weighted by molar-refractivity contribution is 6.99. The van der Waals surface area contributed by atoms with Crippen LogP contribution < -0.4 is 10.4 Å². The van der Waals surface area contributed by atoms with Crippen LogP contribution in [0.3, 0.4) is 0 Å². The maximum absolute atomic E-state index is 10.9. The van der Waals surface area contributed by atoms with Crippen LogP contribution in [-0.2, 0) is 18.6 Å². The molecular formula is C26H36O5Si. The van der Waals surface area contributed by atoms with E-state index in [1.165, 1.54) is 16.4 Å². The molecule has 2 aromatic carbocycles. The Balaban J connectivity index is 2.04. The van der Waals surface area contributed by atoms with Crippen LogP contribution in [0.5, 0.6) is 0 Å². The number of ether oxygens (including phenoxy) is 3. The fourth-order valence-corrected chi connectivity index (χ4v) is 9.34. The quantitative estimate of drug-likeness (QED) is 0.488. The number of rotatable bonds is 8. The van der Waals surface area contributed by atoms with E-state index in [2.05, 4.69) is 75.9 Å². The van der Waals surface area contributed by atoms with Gasteiger partial charge in [0.1, 0.15) is 12.2 Å². The van der Waals surface area contributed by atoms with E-state index in [1.807, 2.05) is 12.1 Å². The number of hydrogen-bond acceptors (Lipinski definition) is 5. The SMILES string of the molecule is C=C[C@@]1(O)C[C@@H](OC)[C@H](OC)[C@@H](CO[Si](c2ccccc2)(c2ccccc2)C(C)(C)C)O1. The Morgan fingerprint density at radius 1 is 1.03 bits per heavy atom. The zero-order chi connectivity index (χ0) is 23.4. The highest BCUT2D eigenvalue weighted by atomic mass is 28.4. The molecule has 0 saturated carbocycles. The maximum Gasteiger partial charge on any atom is 0.261 e. The van der Waals surface area contributed by atoms with Crippen molar-refractivity contribution in [2.24, 2.45) is 0 Å². The lowest BCUT2D eigenvalue weighted by atomic mass is 9.95. The minimum Gasteiger partial charge on any atom is -0.405 e. The molecule has 0 radical (unpaired) electrons. The second-order valence-corrected chi connectivity index (χ2v) is 13.7. The summed E-state index contributed by atoms with van der Waals surface area (Å²) in [4.78, 5) is 0. The molecule has 3 rings (SSSR count). The van der Waals surface area contributed by atoms with E-state index in [0.29, 0.717) is 0 Å². The summed E-state index contributed by atoms with van der Waals surface area (Å²) in [6, 6.07) is 20.9. The molecule has 32 heavy (non-hydrogen) atoms. The number of aliphatic hydroxyl groups is 1. The first kappa shape index (κ1) is 24.8. The lowest BCUT2D eigenvalue weighted by Crippen LogP contribution is -2.68. The van der Waals surface area contributed by atoms with Gasteiger partial charge in [-0.15, -0.1) is 0 Å². The standard InChI is InChI=1S/C26H36O5Si/c1-7-26(27)18-22(28-5)24(29-6)23(31-26)19-30-32(25(2,3)4,20-14-10-8-11-15-20)21-16-12-9-13-17-21/h7-17,22-24,27H,1,18-19H2,2-6H3/t22-,23-,24+,26+/m1/s1. The van der Waals surface area contributed by atoms with Crippen LogP contribution in [0.2, 0.25) is 5.04 Å². The van der Waals surface area contributed by atoms with Gasteiger partial charge in [0.15, 0.2) is 5.79 Å². The van der Waals surface area contributed by atoms with Crippen molar-refractivity contribution in [2.45, 2.75) is 56.3 Å².